The Labute approximate surface area is 300 Å². The van der Waals surface area contributed by atoms with E-state index < -0.39 is 73.5 Å². The van der Waals surface area contributed by atoms with Gasteiger partial charge in [-0.15, -0.1) is 23.2 Å². The molecule has 0 aromatic heterocycles. The van der Waals surface area contributed by atoms with Crippen LogP contribution in [-0.2, 0) is 49.3 Å². The number of hydrogen-bond acceptors (Lipinski definition) is 11. The van der Waals surface area contributed by atoms with Gasteiger partial charge in [0.25, 0.3) is 0 Å². The minimum atomic E-state index is -2.10. The molecule has 13 nitrogen and oxygen atoms in total. The predicted molar refractivity (Wildman–Crippen MR) is 183 cm³/mol. The van der Waals surface area contributed by atoms with Crippen LogP contribution < -0.4 is 20.3 Å². The number of nitrogens with zero attached hydrogens (tertiary/aromatic N) is 1. The Bertz CT molecular complexity index is 1430. The number of alkyl halides is 3. The molecule has 2 aromatic rings. The van der Waals surface area contributed by atoms with E-state index in [-0.39, 0.29) is 5.75 Å². The van der Waals surface area contributed by atoms with Crippen LogP contribution in [0.4, 0.5) is 15.8 Å². The van der Waals surface area contributed by atoms with Gasteiger partial charge in [0.15, 0.2) is 12.2 Å². The molecule has 1 saturated heterocycles. The van der Waals surface area contributed by atoms with Gasteiger partial charge in [-0.1, -0.05) is 12.1 Å². The first-order valence-corrected chi connectivity index (χ1v) is 17.0. The van der Waals surface area contributed by atoms with Gasteiger partial charge in [0.2, 0.25) is 24.3 Å². The fourth-order valence-electron chi connectivity index (χ4n) is 5.09. The molecule has 0 saturated carbocycles. The summed E-state index contributed by atoms with van der Waals surface area (Å²) >= 11 is 11.8. The number of esters is 3. The number of carbonyl (C=O) groups excluding carboxylic acids is 5. The van der Waals surface area contributed by atoms with Crippen molar-refractivity contribution in [1.29, 1.82) is 0 Å². The lowest BCUT2D eigenvalue weighted by atomic mass is 9.99. The number of benzene rings is 2. The molecular weight excluding hydrogens is 700 g/mol. The highest BCUT2D eigenvalue weighted by molar-refractivity contribution is 6.18. The van der Waals surface area contributed by atoms with Crippen LogP contribution in [0.3, 0.4) is 0 Å². The molecule has 1 fully saturated rings. The van der Waals surface area contributed by atoms with E-state index in [4.69, 9.17) is 46.9 Å². The number of carbonyl (C=O) groups is 5. The summed E-state index contributed by atoms with van der Waals surface area (Å²) in [6.07, 6.45) is -6.98. The lowest BCUT2D eigenvalue weighted by Crippen LogP contribution is -2.61. The molecule has 0 spiro atoms. The zero-order valence-corrected chi connectivity index (χ0v) is 29.5. The van der Waals surface area contributed by atoms with E-state index in [9.17, 15) is 24.0 Å². The molecule has 2 N–H and O–H groups in total. The maximum atomic E-state index is 15.6. The Morgan fingerprint density at radius 2 is 1.46 bits per heavy atom. The third-order valence-electron chi connectivity index (χ3n) is 7.31. The molecule has 0 unspecified atom stereocenters. The number of aryl methyl sites for hydroxylation is 1. The number of hydrogen-bond donors (Lipinski definition) is 2. The van der Waals surface area contributed by atoms with Crippen LogP contribution in [0.5, 0.6) is 5.75 Å². The third-order valence-corrected chi connectivity index (χ3v) is 7.65. The molecule has 274 valence electrons. The van der Waals surface area contributed by atoms with Gasteiger partial charge in [0, 0.05) is 63.5 Å². The fraction of sp³-hybridized carbons (Fsp3) is 0.500. The van der Waals surface area contributed by atoms with Crippen molar-refractivity contribution in [3.05, 3.63) is 54.1 Å². The second kappa shape index (κ2) is 20.5. The van der Waals surface area contributed by atoms with Gasteiger partial charge in [0.05, 0.1) is 0 Å². The van der Waals surface area contributed by atoms with Gasteiger partial charge in [-0.2, -0.15) is 0 Å². The summed E-state index contributed by atoms with van der Waals surface area (Å²) in [7, 11) is 0. The SMILES string of the molecule is CC(=O)OC[C@H]1O[C@@H](Oc2ccc(NC(=O)CC(=O)NCCCc3ccc(N(CCCl)CCCl)cc3)cc2)[C@H](F)[C@@H](OC(C)=O)[C@@H]1OC(C)=O. The molecule has 5 atom stereocenters. The molecule has 3 rings (SSSR count). The largest absolute Gasteiger partial charge is 0.463 e. The van der Waals surface area contributed by atoms with Gasteiger partial charge >= 0.3 is 17.9 Å². The molecule has 2 amide bonds. The highest BCUT2D eigenvalue weighted by atomic mass is 35.5. The summed E-state index contributed by atoms with van der Waals surface area (Å²) in [6, 6.07) is 13.9. The topological polar surface area (TPSA) is 159 Å². The Kier molecular flexibility index (Phi) is 16.5. The van der Waals surface area contributed by atoms with Crippen LogP contribution >= 0.6 is 23.2 Å². The van der Waals surface area contributed by atoms with E-state index in [0.29, 0.717) is 43.5 Å². The first-order chi connectivity index (χ1) is 23.9. The van der Waals surface area contributed by atoms with Crippen molar-refractivity contribution in [2.24, 2.45) is 0 Å². The van der Waals surface area contributed by atoms with Crippen molar-refractivity contribution in [2.75, 3.05) is 48.2 Å². The number of nitrogens with one attached hydrogen (secondary N) is 2. The van der Waals surface area contributed by atoms with Crippen LogP contribution in [0.25, 0.3) is 0 Å². The quantitative estimate of drug-likeness (QED) is 0.0750. The molecule has 2 aromatic carbocycles. The molecule has 0 bridgehead atoms. The van der Waals surface area contributed by atoms with Gasteiger partial charge < -0.3 is 39.2 Å². The van der Waals surface area contributed by atoms with E-state index >= 15 is 4.39 Å². The van der Waals surface area contributed by atoms with E-state index in [1.54, 1.807) is 0 Å². The van der Waals surface area contributed by atoms with Gasteiger partial charge in [0.1, 0.15) is 24.9 Å². The number of rotatable bonds is 18. The molecular formula is C34H42Cl2FN3O10. The van der Waals surface area contributed by atoms with Crippen LogP contribution in [0.2, 0.25) is 0 Å². The predicted octanol–water partition coefficient (Wildman–Crippen LogP) is 3.92. The normalized spacial score (nSPS) is 19.8. The maximum Gasteiger partial charge on any atom is 0.303 e. The van der Waals surface area contributed by atoms with Crippen LogP contribution in [-0.4, -0.2) is 98.5 Å². The van der Waals surface area contributed by atoms with Crippen molar-refractivity contribution in [3.63, 3.8) is 0 Å². The first kappa shape index (κ1) is 40.3. The second-order valence-corrected chi connectivity index (χ2v) is 12.0. The zero-order chi connectivity index (χ0) is 36.6. The monoisotopic (exact) mass is 741 g/mol. The molecule has 1 heterocycles. The Balaban J connectivity index is 1.48. The van der Waals surface area contributed by atoms with E-state index in [0.717, 1.165) is 38.4 Å². The molecule has 16 heteroatoms. The molecule has 50 heavy (non-hydrogen) atoms. The molecule has 0 aliphatic carbocycles. The Morgan fingerprint density at radius 3 is 2.04 bits per heavy atom. The van der Waals surface area contributed by atoms with Crippen molar-refractivity contribution in [2.45, 2.75) is 70.8 Å². The number of anilines is 2. The fourth-order valence-corrected chi connectivity index (χ4v) is 5.50. The number of amides is 2. The van der Waals surface area contributed by atoms with Gasteiger partial charge in [-0.3, -0.25) is 24.0 Å². The smallest absolute Gasteiger partial charge is 0.303 e. The van der Waals surface area contributed by atoms with Crippen molar-refractivity contribution < 1.29 is 52.0 Å². The maximum absolute atomic E-state index is 15.6. The third kappa shape index (κ3) is 13.3. The standard InChI is InChI=1S/C34H42Cl2FN3O10/c1-21(41)46-20-28-32(47-22(2)42)33(48-23(3)43)31(37)34(50-28)49-27-12-8-25(9-13-27)39-30(45)19-29(44)38-16-4-5-24-6-10-26(11-7-24)40(17-14-35)18-15-36/h6-13,28,31-34H,4-5,14-20H2,1-3H3,(H,38,44)(H,39,45)/t28-,31-,32-,33-,34-/m1/s1. The average molecular weight is 743 g/mol. The van der Waals surface area contributed by atoms with Crippen LogP contribution in [0, 0.1) is 0 Å². The van der Waals surface area contributed by atoms with Gasteiger partial charge in [-0.25, -0.2) is 4.39 Å². The minimum absolute atomic E-state index is 0.115. The second-order valence-electron chi connectivity index (χ2n) is 11.3. The Morgan fingerprint density at radius 1 is 0.840 bits per heavy atom. The van der Waals surface area contributed by atoms with E-state index in [1.807, 2.05) is 24.3 Å². The van der Waals surface area contributed by atoms with Gasteiger partial charge in [-0.05, 0) is 54.8 Å². The molecule has 1 aliphatic rings. The lowest BCUT2D eigenvalue weighted by molar-refractivity contribution is -0.271. The average Bonchev–Trinajstić information content (AvgIpc) is 3.06. The van der Waals surface area contributed by atoms with E-state index in [1.165, 1.54) is 24.3 Å². The summed E-state index contributed by atoms with van der Waals surface area (Å²) in [4.78, 5) is 61.8. The van der Waals surface area contributed by atoms with Crippen molar-refractivity contribution in [1.82, 2.24) is 5.32 Å². The van der Waals surface area contributed by atoms with Crippen LogP contribution in [0.15, 0.2) is 48.5 Å². The minimum Gasteiger partial charge on any atom is -0.463 e. The highest BCUT2D eigenvalue weighted by Gasteiger charge is 2.52. The summed E-state index contributed by atoms with van der Waals surface area (Å²) in [5.74, 6) is -2.16. The Hall–Kier alpha value is -4.14. The zero-order valence-electron chi connectivity index (χ0n) is 28.0. The van der Waals surface area contributed by atoms with Crippen molar-refractivity contribution in [3.8, 4) is 5.75 Å². The summed E-state index contributed by atoms with van der Waals surface area (Å²) in [5, 5.41) is 5.36. The highest BCUT2D eigenvalue weighted by Crippen LogP contribution is 2.31. The number of halogens is 3. The molecule has 0 radical (unpaired) electrons. The summed E-state index contributed by atoms with van der Waals surface area (Å²) in [6.45, 7) is 4.66. The van der Waals surface area contributed by atoms with Crippen LogP contribution in [0.1, 0.15) is 39.2 Å². The summed E-state index contributed by atoms with van der Waals surface area (Å²) in [5.41, 5.74) is 2.50. The number of ether oxygens (including phenoxy) is 5. The first-order valence-electron chi connectivity index (χ1n) is 16.0. The molecule has 1 aliphatic heterocycles. The van der Waals surface area contributed by atoms with Crippen molar-refractivity contribution >= 4 is 64.3 Å². The van der Waals surface area contributed by atoms with E-state index in [2.05, 4.69) is 15.5 Å². The lowest BCUT2D eigenvalue weighted by Gasteiger charge is -2.41. The summed E-state index contributed by atoms with van der Waals surface area (Å²) < 4.78 is 42.1.